The normalized spacial score (nSPS) is 13.2. The maximum atomic E-state index is 12.6. The summed E-state index contributed by atoms with van der Waals surface area (Å²) in [6, 6.07) is 11.0. The molecule has 0 saturated carbocycles. The van der Waals surface area contributed by atoms with Crippen molar-refractivity contribution in [2.45, 2.75) is 20.3 Å². The van der Waals surface area contributed by atoms with E-state index in [4.69, 9.17) is 0 Å². The van der Waals surface area contributed by atoms with Crippen LogP contribution in [0.1, 0.15) is 49.9 Å². The summed E-state index contributed by atoms with van der Waals surface area (Å²) in [6.45, 7) is 3.87. The van der Waals surface area contributed by atoms with Gasteiger partial charge in [0.05, 0.1) is 0 Å². The molecular weight excluding hydrogens is 236 g/mol. The van der Waals surface area contributed by atoms with Gasteiger partial charge in [-0.2, -0.15) is 0 Å². The number of carbonyl (C=O) groups is 2. The van der Waals surface area contributed by atoms with Crippen molar-refractivity contribution in [3.63, 3.8) is 0 Å². The molecule has 0 atom stereocenters. The molecule has 0 aliphatic heterocycles. The Morgan fingerprint density at radius 3 is 2.11 bits per heavy atom. The van der Waals surface area contributed by atoms with Crippen LogP contribution in [-0.2, 0) is 6.42 Å². The zero-order valence-corrected chi connectivity index (χ0v) is 11.0. The van der Waals surface area contributed by atoms with Gasteiger partial charge in [-0.3, -0.25) is 9.59 Å². The van der Waals surface area contributed by atoms with E-state index in [9.17, 15) is 9.59 Å². The second-order valence-electron chi connectivity index (χ2n) is 4.85. The molecule has 94 valence electrons. The van der Waals surface area contributed by atoms with Crippen molar-refractivity contribution in [1.29, 1.82) is 0 Å². The zero-order valence-electron chi connectivity index (χ0n) is 11.0. The molecule has 1 aliphatic carbocycles. The van der Waals surface area contributed by atoms with E-state index in [0.29, 0.717) is 22.3 Å². The van der Waals surface area contributed by atoms with Crippen LogP contribution >= 0.6 is 0 Å². The van der Waals surface area contributed by atoms with E-state index >= 15 is 0 Å². The summed E-state index contributed by atoms with van der Waals surface area (Å²) in [7, 11) is 0. The van der Waals surface area contributed by atoms with Crippen molar-refractivity contribution in [2.75, 3.05) is 0 Å². The molecule has 0 heterocycles. The minimum absolute atomic E-state index is 0.0225. The quantitative estimate of drug-likeness (QED) is 0.664. The molecule has 0 amide bonds. The molecule has 0 radical (unpaired) electrons. The second-order valence-corrected chi connectivity index (χ2v) is 4.85. The molecule has 19 heavy (non-hydrogen) atoms. The minimum Gasteiger partial charge on any atom is -0.289 e. The van der Waals surface area contributed by atoms with E-state index in [2.05, 4.69) is 0 Å². The summed E-state index contributed by atoms with van der Waals surface area (Å²) >= 11 is 0. The summed E-state index contributed by atoms with van der Waals surface area (Å²) in [5.41, 5.74) is 4.05. The van der Waals surface area contributed by atoms with E-state index in [1.165, 1.54) is 0 Å². The number of carbonyl (C=O) groups excluding carboxylic acids is 2. The third-order valence-corrected chi connectivity index (χ3v) is 3.75. The smallest absolute Gasteiger partial charge is 0.194 e. The van der Waals surface area contributed by atoms with Crippen molar-refractivity contribution >= 4 is 11.6 Å². The van der Waals surface area contributed by atoms with Crippen LogP contribution in [0.15, 0.2) is 36.4 Å². The molecule has 2 aromatic carbocycles. The van der Waals surface area contributed by atoms with Crippen molar-refractivity contribution < 1.29 is 9.59 Å². The predicted octanol–water partition coefficient (Wildman–Crippen LogP) is 3.33. The summed E-state index contributed by atoms with van der Waals surface area (Å²) in [5, 5.41) is 0. The van der Waals surface area contributed by atoms with Crippen molar-refractivity contribution in [1.82, 2.24) is 0 Å². The lowest BCUT2D eigenvalue weighted by Crippen LogP contribution is -2.23. The minimum atomic E-state index is -0.0296. The van der Waals surface area contributed by atoms with E-state index in [1.54, 1.807) is 12.1 Å². The van der Waals surface area contributed by atoms with Crippen LogP contribution in [0.5, 0.6) is 0 Å². The monoisotopic (exact) mass is 250 g/mol. The van der Waals surface area contributed by atoms with Crippen LogP contribution in [-0.4, -0.2) is 11.6 Å². The molecule has 0 N–H and O–H groups in total. The molecule has 0 saturated heterocycles. The van der Waals surface area contributed by atoms with E-state index in [0.717, 1.165) is 17.5 Å². The Morgan fingerprint density at radius 1 is 0.842 bits per heavy atom. The largest absolute Gasteiger partial charge is 0.289 e. The summed E-state index contributed by atoms with van der Waals surface area (Å²) < 4.78 is 0. The third kappa shape index (κ3) is 1.56. The van der Waals surface area contributed by atoms with Crippen LogP contribution in [0.4, 0.5) is 0 Å². The number of rotatable bonds is 1. The van der Waals surface area contributed by atoms with Gasteiger partial charge in [-0.05, 0) is 24.5 Å². The summed E-state index contributed by atoms with van der Waals surface area (Å²) in [4.78, 5) is 25.2. The van der Waals surface area contributed by atoms with Gasteiger partial charge >= 0.3 is 0 Å². The molecule has 2 heteroatoms. The highest BCUT2D eigenvalue weighted by Crippen LogP contribution is 2.31. The first-order chi connectivity index (χ1) is 9.15. The topological polar surface area (TPSA) is 34.1 Å². The van der Waals surface area contributed by atoms with Crippen LogP contribution in [0.3, 0.4) is 0 Å². The lowest BCUT2D eigenvalue weighted by atomic mass is 9.80. The number of hydrogen-bond donors (Lipinski definition) is 0. The van der Waals surface area contributed by atoms with Gasteiger partial charge in [0.15, 0.2) is 11.6 Å². The van der Waals surface area contributed by atoms with Crippen LogP contribution in [0, 0.1) is 6.92 Å². The van der Waals surface area contributed by atoms with Gasteiger partial charge < -0.3 is 0 Å². The standard InChI is InChI=1S/C17H14O2/c1-3-11-7-5-9-13-15(11)17(19)12-8-4-6-10(2)14(12)16(13)18/h4-9H,3H2,1-2H3. The van der Waals surface area contributed by atoms with Gasteiger partial charge in [0.1, 0.15) is 0 Å². The van der Waals surface area contributed by atoms with Crippen molar-refractivity contribution in [3.8, 4) is 0 Å². The molecule has 2 aromatic rings. The van der Waals surface area contributed by atoms with Gasteiger partial charge in [0.25, 0.3) is 0 Å². The fraction of sp³-hybridized carbons (Fsp3) is 0.176. The number of ketones is 2. The molecule has 0 fully saturated rings. The van der Waals surface area contributed by atoms with Crippen molar-refractivity contribution in [2.24, 2.45) is 0 Å². The molecule has 3 rings (SSSR count). The maximum absolute atomic E-state index is 12.6. The first-order valence-electron chi connectivity index (χ1n) is 6.46. The summed E-state index contributed by atoms with van der Waals surface area (Å²) in [6.07, 6.45) is 0.753. The lowest BCUT2D eigenvalue weighted by Gasteiger charge is -2.21. The van der Waals surface area contributed by atoms with Gasteiger partial charge in [0, 0.05) is 22.3 Å². The Hall–Kier alpha value is -2.22. The van der Waals surface area contributed by atoms with Gasteiger partial charge in [-0.1, -0.05) is 43.3 Å². The zero-order chi connectivity index (χ0) is 13.6. The average molecular weight is 250 g/mol. The SMILES string of the molecule is CCc1cccc2c1C(=O)c1cccc(C)c1C2=O. The lowest BCUT2D eigenvalue weighted by molar-refractivity contribution is 0.0978. The highest BCUT2D eigenvalue weighted by atomic mass is 16.1. The van der Waals surface area contributed by atoms with Crippen LogP contribution in [0.2, 0.25) is 0 Å². The molecule has 2 nitrogen and oxygen atoms in total. The van der Waals surface area contributed by atoms with E-state index < -0.39 is 0 Å². The van der Waals surface area contributed by atoms with E-state index in [-0.39, 0.29) is 11.6 Å². The Kier molecular flexibility index (Phi) is 2.59. The number of benzene rings is 2. The Balaban J connectivity index is 2.36. The first kappa shape index (κ1) is 11.8. The number of fused-ring (bicyclic) bond motifs is 2. The number of hydrogen-bond acceptors (Lipinski definition) is 2. The highest BCUT2D eigenvalue weighted by Gasteiger charge is 2.31. The Bertz CT molecular complexity index is 711. The summed E-state index contributed by atoms with van der Waals surface area (Å²) in [5.74, 6) is -0.0521. The van der Waals surface area contributed by atoms with Gasteiger partial charge in [0.2, 0.25) is 0 Å². The number of aryl methyl sites for hydroxylation is 2. The molecular formula is C17H14O2. The van der Waals surface area contributed by atoms with Crippen LogP contribution < -0.4 is 0 Å². The fourth-order valence-corrected chi connectivity index (χ4v) is 2.78. The van der Waals surface area contributed by atoms with Crippen molar-refractivity contribution in [3.05, 3.63) is 69.8 Å². The fourth-order valence-electron chi connectivity index (χ4n) is 2.78. The molecule has 0 spiro atoms. The average Bonchev–Trinajstić information content (AvgIpc) is 2.43. The molecule has 0 unspecified atom stereocenters. The van der Waals surface area contributed by atoms with E-state index in [1.807, 2.05) is 38.1 Å². The Morgan fingerprint density at radius 2 is 1.42 bits per heavy atom. The molecule has 0 aromatic heterocycles. The van der Waals surface area contributed by atoms with Crippen LogP contribution in [0.25, 0.3) is 0 Å². The molecule has 1 aliphatic rings. The molecule has 0 bridgehead atoms. The second kappa shape index (κ2) is 4.16. The van der Waals surface area contributed by atoms with Gasteiger partial charge in [-0.15, -0.1) is 0 Å². The highest BCUT2D eigenvalue weighted by molar-refractivity contribution is 6.29. The maximum Gasteiger partial charge on any atom is 0.194 e. The third-order valence-electron chi connectivity index (χ3n) is 3.75. The van der Waals surface area contributed by atoms with Gasteiger partial charge in [-0.25, -0.2) is 0 Å². The predicted molar refractivity (Wildman–Crippen MR) is 73.9 cm³/mol. The Labute approximate surface area is 112 Å². The first-order valence-corrected chi connectivity index (χ1v) is 6.46.